The third-order valence-corrected chi connectivity index (χ3v) is 6.41. The number of aromatic nitrogens is 4. The van der Waals surface area contributed by atoms with Crippen molar-refractivity contribution in [3.05, 3.63) is 78.5 Å². The average molecular weight is 415 g/mol. The number of hydrogen-bond donors (Lipinski definition) is 2. The fourth-order valence-corrected chi connectivity index (χ4v) is 4.86. The predicted octanol–water partition coefficient (Wildman–Crippen LogP) is 3.79. The molecule has 2 aromatic heterocycles. The third kappa shape index (κ3) is 4.70. The van der Waals surface area contributed by atoms with Gasteiger partial charge in [0.05, 0.1) is 0 Å². The van der Waals surface area contributed by atoms with Crippen LogP contribution in [0.5, 0.6) is 0 Å². The Morgan fingerprint density at radius 2 is 1.94 bits per heavy atom. The van der Waals surface area contributed by atoms with Gasteiger partial charge in [0.25, 0.3) is 0 Å². The van der Waals surface area contributed by atoms with Gasteiger partial charge in [-0.05, 0) is 68.1 Å². The summed E-state index contributed by atoms with van der Waals surface area (Å²) < 4.78 is 1.95. The molecule has 6 nitrogen and oxygen atoms in total. The maximum absolute atomic E-state index is 3.92. The van der Waals surface area contributed by atoms with Crippen LogP contribution in [0.4, 0.5) is 0 Å². The molecule has 1 saturated heterocycles. The number of nitrogens with zero attached hydrogens (tertiary/aromatic N) is 4. The maximum Gasteiger partial charge on any atom is 0.123 e. The largest absolute Gasteiger partial charge is 0.361 e. The number of aromatic amines is 1. The van der Waals surface area contributed by atoms with Gasteiger partial charge < -0.3 is 15.2 Å². The quantitative estimate of drug-likeness (QED) is 0.461. The Kier molecular flexibility index (Phi) is 5.82. The highest BCUT2D eigenvalue weighted by atomic mass is 15.2. The fraction of sp³-hybridized carbons (Fsp3) is 0.360. The minimum absolute atomic E-state index is 0.598. The highest BCUT2D eigenvalue weighted by Crippen LogP contribution is 2.25. The van der Waals surface area contributed by atoms with Crippen LogP contribution in [-0.2, 0) is 13.0 Å². The van der Waals surface area contributed by atoms with Crippen LogP contribution in [-0.4, -0.2) is 50.8 Å². The molecule has 5 rings (SSSR count). The van der Waals surface area contributed by atoms with Gasteiger partial charge in [0.15, 0.2) is 0 Å². The van der Waals surface area contributed by atoms with Gasteiger partial charge in [-0.2, -0.15) is 0 Å². The highest BCUT2D eigenvalue weighted by Gasteiger charge is 2.25. The van der Waals surface area contributed by atoms with Crippen molar-refractivity contribution in [2.45, 2.75) is 31.8 Å². The van der Waals surface area contributed by atoms with Crippen LogP contribution in [0.25, 0.3) is 16.6 Å². The van der Waals surface area contributed by atoms with Gasteiger partial charge in [0, 0.05) is 41.9 Å². The first-order valence-electron chi connectivity index (χ1n) is 11.2. The van der Waals surface area contributed by atoms with Crippen molar-refractivity contribution in [2.24, 2.45) is 5.92 Å². The Hall–Kier alpha value is -2.96. The van der Waals surface area contributed by atoms with E-state index in [-0.39, 0.29) is 0 Å². The Morgan fingerprint density at radius 1 is 1.10 bits per heavy atom. The molecule has 3 heterocycles. The predicted molar refractivity (Wildman–Crippen MR) is 124 cm³/mol. The molecule has 1 fully saturated rings. The van der Waals surface area contributed by atoms with Crippen molar-refractivity contribution < 1.29 is 0 Å². The van der Waals surface area contributed by atoms with E-state index in [0.717, 1.165) is 37.7 Å². The number of fused-ring (bicyclic) bond motifs is 1. The van der Waals surface area contributed by atoms with Crippen molar-refractivity contribution in [1.29, 1.82) is 0 Å². The van der Waals surface area contributed by atoms with E-state index in [4.69, 9.17) is 0 Å². The summed E-state index contributed by atoms with van der Waals surface area (Å²) in [5.74, 6) is 0.724. The van der Waals surface area contributed by atoms with Crippen molar-refractivity contribution >= 4 is 10.9 Å². The van der Waals surface area contributed by atoms with E-state index in [9.17, 15) is 0 Å². The molecule has 0 saturated carbocycles. The SMILES string of the molecule is CN(Cc1ccccc1)C[C@H]1CN[C@H](CCc2c[nH]c3ccc(-n4cnnc4)cc23)C1. The topological polar surface area (TPSA) is 61.8 Å². The molecule has 2 aromatic carbocycles. The molecule has 0 spiro atoms. The molecule has 0 aliphatic carbocycles. The lowest BCUT2D eigenvalue weighted by Gasteiger charge is -2.20. The number of H-pyrrole nitrogens is 1. The molecule has 0 unspecified atom stereocenters. The third-order valence-electron chi connectivity index (χ3n) is 6.41. The zero-order valence-electron chi connectivity index (χ0n) is 18.0. The number of benzene rings is 2. The Bertz CT molecular complexity index is 1100. The lowest BCUT2D eigenvalue weighted by atomic mass is 9.99. The van der Waals surface area contributed by atoms with E-state index >= 15 is 0 Å². The normalized spacial score (nSPS) is 18.9. The van der Waals surface area contributed by atoms with E-state index in [1.54, 1.807) is 12.7 Å². The van der Waals surface area contributed by atoms with Crippen LogP contribution in [0.2, 0.25) is 0 Å². The number of rotatable bonds is 8. The minimum Gasteiger partial charge on any atom is -0.361 e. The molecule has 0 bridgehead atoms. The molecular weight excluding hydrogens is 384 g/mol. The highest BCUT2D eigenvalue weighted by molar-refractivity contribution is 5.85. The second-order valence-electron chi connectivity index (χ2n) is 8.84. The van der Waals surface area contributed by atoms with Gasteiger partial charge in [-0.15, -0.1) is 10.2 Å². The van der Waals surface area contributed by atoms with E-state index < -0.39 is 0 Å². The van der Waals surface area contributed by atoms with Gasteiger partial charge in [-0.25, -0.2) is 0 Å². The second-order valence-corrected chi connectivity index (χ2v) is 8.84. The van der Waals surface area contributed by atoms with E-state index in [1.807, 2.05) is 4.57 Å². The van der Waals surface area contributed by atoms with Crippen LogP contribution >= 0.6 is 0 Å². The molecule has 0 amide bonds. The van der Waals surface area contributed by atoms with Gasteiger partial charge in [-0.1, -0.05) is 30.3 Å². The number of nitrogens with one attached hydrogen (secondary N) is 2. The van der Waals surface area contributed by atoms with Crippen molar-refractivity contribution in [2.75, 3.05) is 20.1 Å². The van der Waals surface area contributed by atoms with Gasteiger partial charge in [-0.3, -0.25) is 4.57 Å². The molecule has 1 aliphatic heterocycles. The smallest absolute Gasteiger partial charge is 0.123 e. The Morgan fingerprint density at radius 3 is 2.77 bits per heavy atom. The molecule has 31 heavy (non-hydrogen) atoms. The summed E-state index contributed by atoms with van der Waals surface area (Å²) in [6.45, 7) is 3.29. The van der Waals surface area contributed by atoms with E-state index in [0.29, 0.717) is 6.04 Å². The van der Waals surface area contributed by atoms with Gasteiger partial charge in [0.2, 0.25) is 0 Å². The van der Waals surface area contributed by atoms with Gasteiger partial charge >= 0.3 is 0 Å². The van der Waals surface area contributed by atoms with Crippen LogP contribution in [0.1, 0.15) is 24.0 Å². The molecule has 1 aliphatic rings. The summed E-state index contributed by atoms with van der Waals surface area (Å²) >= 11 is 0. The molecule has 6 heteroatoms. The lowest BCUT2D eigenvalue weighted by Crippen LogP contribution is -2.26. The molecular formula is C25H30N6. The summed E-state index contributed by atoms with van der Waals surface area (Å²) in [5.41, 5.74) is 5.06. The monoisotopic (exact) mass is 414 g/mol. The van der Waals surface area contributed by atoms with Crippen LogP contribution in [0.3, 0.4) is 0 Å². The summed E-state index contributed by atoms with van der Waals surface area (Å²) in [5, 5.41) is 12.9. The number of aryl methyl sites for hydroxylation is 1. The molecule has 160 valence electrons. The first-order chi connectivity index (χ1) is 15.2. The van der Waals surface area contributed by atoms with E-state index in [1.165, 1.54) is 34.9 Å². The fourth-order valence-electron chi connectivity index (χ4n) is 4.86. The summed E-state index contributed by atoms with van der Waals surface area (Å²) in [7, 11) is 2.24. The average Bonchev–Trinajstić information content (AvgIpc) is 3.54. The molecule has 0 radical (unpaired) electrons. The number of hydrogen-bond acceptors (Lipinski definition) is 4. The summed E-state index contributed by atoms with van der Waals surface area (Å²) in [6, 6.07) is 17.8. The zero-order chi connectivity index (χ0) is 21.0. The van der Waals surface area contributed by atoms with Crippen LogP contribution in [0.15, 0.2) is 67.4 Å². The molecule has 2 atom stereocenters. The minimum atomic E-state index is 0.598. The molecule has 4 aromatic rings. The van der Waals surface area contributed by atoms with Crippen molar-refractivity contribution in [3.63, 3.8) is 0 Å². The maximum atomic E-state index is 3.92. The van der Waals surface area contributed by atoms with Gasteiger partial charge in [0.1, 0.15) is 12.7 Å². The Balaban J connectivity index is 1.16. The first-order valence-corrected chi connectivity index (χ1v) is 11.2. The summed E-state index contributed by atoms with van der Waals surface area (Å²) in [6.07, 6.45) is 9.16. The van der Waals surface area contributed by atoms with Crippen molar-refractivity contribution in [3.8, 4) is 5.69 Å². The standard InChI is InChI=1S/C25H30N6/c1-30(15-19-5-3-2-4-6-19)16-20-11-22(26-13-20)8-7-21-14-27-25-10-9-23(12-24(21)25)31-17-28-29-18-31/h2-6,9-10,12,14,17-18,20,22,26-27H,7-8,11,13,15-16H2,1H3/t20-,22-/m1/s1. The zero-order valence-corrected chi connectivity index (χ0v) is 18.0. The lowest BCUT2D eigenvalue weighted by molar-refractivity contribution is 0.276. The van der Waals surface area contributed by atoms with E-state index in [2.05, 4.69) is 87.2 Å². The summed E-state index contributed by atoms with van der Waals surface area (Å²) in [4.78, 5) is 5.88. The first kappa shape index (κ1) is 20.0. The van der Waals surface area contributed by atoms with Crippen LogP contribution < -0.4 is 5.32 Å². The van der Waals surface area contributed by atoms with Crippen molar-refractivity contribution in [1.82, 2.24) is 30.0 Å². The second kappa shape index (κ2) is 9.04. The molecule has 2 N–H and O–H groups in total. The van der Waals surface area contributed by atoms with Crippen LogP contribution in [0, 0.1) is 5.92 Å². The Labute approximate surface area is 183 Å².